The molecule has 2 nitrogen and oxygen atoms in total. The monoisotopic (exact) mass is 385 g/mol. The second-order valence-corrected chi connectivity index (χ2v) is 7.12. The number of hydrogen-bond donors (Lipinski definition) is 0. The van der Waals surface area contributed by atoms with Crippen LogP contribution >= 0.6 is 0 Å². The number of rotatable bonds is 3. The normalized spacial score (nSPS) is 16.6. The maximum atomic E-state index is 14.6. The summed E-state index contributed by atoms with van der Waals surface area (Å²) in [5.41, 5.74) is 2.82. The molecule has 1 atom stereocenters. The largest absolute Gasteiger partial charge is 0.451 e. The summed E-state index contributed by atoms with van der Waals surface area (Å²) in [6.07, 6.45) is 7.45. The second-order valence-electron chi connectivity index (χ2n) is 7.12. The molecule has 3 aromatic carbocycles. The van der Waals surface area contributed by atoms with Gasteiger partial charge < -0.3 is 4.42 Å². The summed E-state index contributed by atoms with van der Waals surface area (Å²) in [4.78, 5) is 4.19. The summed E-state index contributed by atoms with van der Waals surface area (Å²) >= 11 is 0. The topological polar surface area (TPSA) is 26.0 Å². The van der Waals surface area contributed by atoms with E-state index in [9.17, 15) is 8.78 Å². The lowest BCUT2D eigenvalue weighted by Crippen LogP contribution is -2.06. The van der Waals surface area contributed by atoms with Crippen LogP contribution in [0.1, 0.15) is 29.2 Å². The van der Waals surface area contributed by atoms with Crippen molar-refractivity contribution < 1.29 is 13.2 Å². The maximum absolute atomic E-state index is 14.6. The van der Waals surface area contributed by atoms with E-state index in [1.165, 1.54) is 30.9 Å². The Hall–Kier alpha value is -3.53. The van der Waals surface area contributed by atoms with Crippen molar-refractivity contribution in [3.63, 3.8) is 0 Å². The Morgan fingerprint density at radius 1 is 0.862 bits per heavy atom. The molecule has 1 aromatic heterocycles. The van der Waals surface area contributed by atoms with Crippen molar-refractivity contribution in [2.75, 3.05) is 0 Å². The van der Waals surface area contributed by atoms with Gasteiger partial charge in [-0.2, -0.15) is 0 Å². The van der Waals surface area contributed by atoms with Gasteiger partial charge in [-0.05, 0) is 40.5 Å². The molecule has 4 aromatic rings. The van der Waals surface area contributed by atoms with Crippen LogP contribution in [0.2, 0.25) is 0 Å². The fraction of sp³-hybridized carbons (Fsp3) is 0.0800. The van der Waals surface area contributed by atoms with Crippen LogP contribution in [-0.2, 0) is 0 Å². The first-order valence-corrected chi connectivity index (χ1v) is 9.45. The fourth-order valence-electron chi connectivity index (χ4n) is 3.95. The van der Waals surface area contributed by atoms with E-state index in [0.717, 1.165) is 16.3 Å². The van der Waals surface area contributed by atoms with Gasteiger partial charge in [0.15, 0.2) is 6.39 Å². The molecule has 1 heterocycles. The number of hydrogen-bond acceptors (Lipinski definition) is 2. The van der Waals surface area contributed by atoms with Gasteiger partial charge in [0.05, 0.1) is 5.56 Å². The highest BCUT2D eigenvalue weighted by molar-refractivity contribution is 6.05. The molecule has 1 unspecified atom stereocenters. The molecule has 29 heavy (non-hydrogen) atoms. The SMILES string of the molecule is Fc1cccc(F)c1C1=CC(c2ccc3ccccc3c2)CC=C1c1cocn1. The Morgan fingerprint density at radius 2 is 1.66 bits per heavy atom. The van der Waals surface area contributed by atoms with E-state index >= 15 is 0 Å². The molecule has 0 saturated heterocycles. The minimum Gasteiger partial charge on any atom is -0.451 e. The molecule has 4 heteroatoms. The van der Waals surface area contributed by atoms with E-state index in [0.29, 0.717) is 23.3 Å². The molecule has 142 valence electrons. The minimum atomic E-state index is -0.593. The summed E-state index contributed by atoms with van der Waals surface area (Å²) in [5, 5.41) is 2.30. The Balaban J connectivity index is 1.65. The van der Waals surface area contributed by atoms with Gasteiger partial charge in [0.1, 0.15) is 23.6 Å². The third-order valence-electron chi connectivity index (χ3n) is 5.38. The molecule has 5 rings (SSSR count). The highest BCUT2D eigenvalue weighted by Gasteiger charge is 2.25. The smallest absolute Gasteiger partial charge is 0.181 e. The van der Waals surface area contributed by atoms with Crippen molar-refractivity contribution in [2.24, 2.45) is 0 Å². The lowest BCUT2D eigenvalue weighted by atomic mass is 9.82. The van der Waals surface area contributed by atoms with Crippen molar-refractivity contribution in [2.45, 2.75) is 12.3 Å². The number of allylic oxidation sites excluding steroid dienone is 4. The molecule has 0 fully saturated rings. The molecule has 0 N–H and O–H groups in total. The van der Waals surface area contributed by atoms with E-state index < -0.39 is 11.6 Å². The lowest BCUT2D eigenvalue weighted by molar-refractivity contribution is 0.557. The Labute approximate surface area is 166 Å². The Kier molecular flexibility index (Phi) is 4.32. The highest BCUT2D eigenvalue weighted by atomic mass is 19.1. The van der Waals surface area contributed by atoms with Crippen LogP contribution in [0.5, 0.6) is 0 Å². The summed E-state index contributed by atoms with van der Waals surface area (Å²) in [6, 6.07) is 18.4. The summed E-state index contributed by atoms with van der Waals surface area (Å²) in [7, 11) is 0. The van der Waals surface area contributed by atoms with Crippen molar-refractivity contribution in [1.29, 1.82) is 0 Å². The van der Waals surface area contributed by atoms with Crippen LogP contribution in [0, 0.1) is 11.6 Å². The van der Waals surface area contributed by atoms with Crippen molar-refractivity contribution in [3.8, 4) is 0 Å². The van der Waals surface area contributed by atoms with Gasteiger partial charge in [0, 0.05) is 11.5 Å². The molecule has 0 bridgehead atoms. The lowest BCUT2D eigenvalue weighted by Gasteiger charge is -2.23. The van der Waals surface area contributed by atoms with Gasteiger partial charge >= 0.3 is 0 Å². The van der Waals surface area contributed by atoms with Crippen molar-refractivity contribution in [1.82, 2.24) is 4.98 Å². The third-order valence-corrected chi connectivity index (χ3v) is 5.38. The van der Waals surface area contributed by atoms with Gasteiger partial charge in [0.25, 0.3) is 0 Å². The molecule has 0 amide bonds. The fourth-order valence-corrected chi connectivity index (χ4v) is 3.95. The van der Waals surface area contributed by atoms with Gasteiger partial charge in [-0.1, -0.05) is 60.7 Å². The molecule has 0 spiro atoms. The average Bonchev–Trinajstić information content (AvgIpc) is 3.28. The average molecular weight is 385 g/mol. The highest BCUT2D eigenvalue weighted by Crippen LogP contribution is 2.41. The van der Waals surface area contributed by atoms with E-state index in [1.54, 1.807) is 0 Å². The molecule has 1 aliphatic carbocycles. The third kappa shape index (κ3) is 3.17. The van der Waals surface area contributed by atoms with E-state index in [2.05, 4.69) is 35.3 Å². The predicted octanol–water partition coefficient (Wildman–Crippen LogP) is 6.76. The van der Waals surface area contributed by atoms with Crippen LogP contribution in [0.4, 0.5) is 8.78 Å². The number of fused-ring (bicyclic) bond motifs is 1. The summed E-state index contributed by atoms with van der Waals surface area (Å²) in [5.74, 6) is -1.18. The standard InChI is InChI=1S/C25H17F2NO/c26-22-6-3-7-23(27)25(22)21-13-19(10-11-20(21)24-14-29-15-28-24)18-9-8-16-4-1-2-5-17(16)12-18/h1-9,11-15,19H,10H2. The molecule has 0 radical (unpaired) electrons. The number of aromatic nitrogens is 1. The van der Waals surface area contributed by atoms with Crippen molar-refractivity contribution in [3.05, 3.63) is 114 Å². The molecule has 0 saturated carbocycles. The quantitative estimate of drug-likeness (QED) is 0.389. The Morgan fingerprint density at radius 3 is 2.41 bits per heavy atom. The van der Waals surface area contributed by atoms with Crippen LogP contribution in [0.25, 0.3) is 21.9 Å². The predicted molar refractivity (Wildman–Crippen MR) is 110 cm³/mol. The van der Waals surface area contributed by atoms with Crippen LogP contribution < -0.4 is 0 Å². The number of halogens is 2. The zero-order valence-electron chi connectivity index (χ0n) is 15.5. The van der Waals surface area contributed by atoms with Gasteiger partial charge in [0.2, 0.25) is 0 Å². The zero-order chi connectivity index (χ0) is 19.8. The summed E-state index contributed by atoms with van der Waals surface area (Å²) in [6.45, 7) is 0. The van der Waals surface area contributed by atoms with E-state index in [4.69, 9.17) is 4.42 Å². The maximum Gasteiger partial charge on any atom is 0.181 e. The summed E-state index contributed by atoms with van der Waals surface area (Å²) < 4.78 is 34.4. The molecular formula is C25H17F2NO. The van der Waals surface area contributed by atoms with Crippen LogP contribution in [0.3, 0.4) is 0 Å². The Bertz CT molecular complexity index is 1230. The van der Waals surface area contributed by atoms with Gasteiger partial charge in [-0.15, -0.1) is 0 Å². The van der Waals surface area contributed by atoms with Crippen LogP contribution in [0.15, 0.2) is 89.9 Å². The second kappa shape index (κ2) is 7.13. The van der Waals surface area contributed by atoms with Gasteiger partial charge in [-0.3, -0.25) is 0 Å². The van der Waals surface area contributed by atoms with E-state index in [-0.39, 0.29) is 11.5 Å². The first-order chi connectivity index (χ1) is 14.2. The number of benzene rings is 3. The number of oxazole rings is 1. The molecule has 0 aliphatic heterocycles. The van der Waals surface area contributed by atoms with Crippen molar-refractivity contribution >= 4 is 21.9 Å². The number of nitrogens with zero attached hydrogens (tertiary/aromatic N) is 1. The zero-order valence-corrected chi connectivity index (χ0v) is 15.5. The minimum absolute atomic E-state index is 0.00395. The first-order valence-electron chi connectivity index (χ1n) is 9.45. The van der Waals surface area contributed by atoms with Gasteiger partial charge in [-0.25, -0.2) is 13.8 Å². The first kappa shape index (κ1) is 17.6. The van der Waals surface area contributed by atoms with Crippen LogP contribution in [-0.4, -0.2) is 4.98 Å². The molecule has 1 aliphatic rings. The molecular weight excluding hydrogens is 368 g/mol. The van der Waals surface area contributed by atoms with E-state index in [1.807, 2.05) is 24.3 Å².